The largest absolute Gasteiger partial charge is 0.461 e. The van der Waals surface area contributed by atoms with Crippen molar-refractivity contribution in [1.29, 1.82) is 0 Å². The molecule has 2 nitrogen and oxygen atoms in total. The summed E-state index contributed by atoms with van der Waals surface area (Å²) in [4.78, 5) is 11.3. The molecular weight excluding hydrogens is 164 g/mol. The van der Waals surface area contributed by atoms with E-state index in [9.17, 15) is 4.79 Å². The molecule has 2 heteroatoms. The maximum Gasteiger partial charge on any atom is 0.306 e. The molecule has 0 bridgehead atoms. The molecule has 2 rings (SSSR count). The Balaban J connectivity index is 2.20. The highest BCUT2D eigenvalue weighted by molar-refractivity contribution is 5.73. The minimum atomic E-state index is 0.0283. The molecule has 1 atom stereocenters. The van der Waals surface area contributed by atoms with Gasteiger partial charge in [-0.15, -0.1) is 0 Å². The number of hydrogen-bond donors (Lipinski definition) is 0. The SMILES string of the molecule is CC(C)C1OC(=O)CC12CCCC2. The van der Waals surface area contributed by atoms with E-state index in [2.05, 4.69) is 13.8 Å². The Kier molecular flexibility index (Phi) is 2.09. The molecule has 0 amide bonds. The first-order valence-electron chi connectivity index (χ1n) is 5.33. The highest BCUT2D eigenvalue weighted by atomic mass is 16.6. The summed E-state index contributed by atoms with van der Waals surface area (Å²) in [6.45, 7) is 4.31. The molecule has 1 saturated carbocycles. The van der Waals surface area contributed by atoms with E-state index < -0.39 is 0 Å². The van der Waals surface area contributed by atoms with Gasteiger partial charge in [-0.05, 0) is 18.8 Å². The first kappa shape index (κ1) is 9.04. The van der Waals surface area contributed by atoms with Crippen molar-refractivity contribution >= 4 is 5.97 Å². The third-order valence-electron chi connectivity index (χ3n) is 3.56. The number of rotatable bonds is 1. The van der Waals surface area contributed by atoms with Crippen molar-refractivity contribution in [2.24, 2.45) is 11.3 Å². The maximum atomic E-state index is 11.3. The Morgan fingerprint density at radius 3 is 2.54 bits per heavy atom. The lowest BCUT2D eigenvalue weighted by molar-refractivity contribution is -0.143. The average molecular weight is 182 g/mol. The van der Waals surface area contributed by atoms with Gasteiger partial charge in [0.05, 0.1) is 6.42 Å². The molecule has 1 saturated heterocycles. The van der Waals surface area contributed by atoms with E-state index in [0.29, 0.717) is 12.3 Å². The van der Waals surface area contributed by atoms with Gasteiger partial charge in [-0.3, -0.25) is 4.79 Å². The Labute approximate surface area is 79.7 Å². The normalized spacial score (nSPS) is 31.6. The van der Waals surface area contributed by atoms with Crippen LogP contribution in [0.2, 0.25) is 0 Å². The Morgan fingerprint density at radius 1 is 1.38 bits per heavy atom. The molecule has 1 heterocycles. The predicted octanol–water partition coefficient (Wildman–Crippen LogP) is 2.52. The molecule has 0 aromatic carbocycles. The van der Waals surface area contributed by atoms with Gasteiger partial charge in [-0.2, -0.15) is 0 Å². The Morgan fingerprint density at radius 2 is 2.00 bits per heavy atom. The van der Waals surface area contributed by atoms with Crippen LogP contribution in [0.15, 0.2) is 0 Å². The minimum Gasteiger partial charge on any atom is -0.461 e. The zero-order chi connectivity index (χ0) is 9.47. The lowest BCUT2D eigenvalue weighted by atomic mass is 9.75. The third kappa shape index (κ3) is 1.36. The number of ether oxygens (including phenoxy) is 1. The molecular formula is C11H18O2. The van der Waals surface area contributed by atoms with Crippen molar-refractivity contribution in [3.05, 3.63) is 0 Å². The van der Waals surface area contributed by atoms with Crippen LogP contribution in [0.25, 0.3) is 0 Å². The van der Waals surface area contributed by atoms with Crippen LogP contribution in [-0.4, -0.2) is 12.1 Å². The van der Waals surface area contributed by atoms with Crippen molar-refractivity contribution < 1.29 is 9.53 Å². The van der Waals surface area contributed by atoms with Gasteiger partial charge in [0, 0.05) is 5.41 Å². The standard InChI is InChI=1S/C11H18O2/c1-8(2)10-11(5-3-4-6-11)7-9(12)13-10/h8,10H,3-7H2,1-2H3. The van der Waals surface area contributed by atoms with Crippen LogP contribution in [0.1, 0.15) is 46.0 Å². The van der Waals surface area contributed by atoms with Gasteiger partial charge in [-0.25, -0.2) is 0 Å². The second kappa shape index (κ2) is 3.00. The van der Waals surface area contributed by atoms with Crippen molar-refractivity contribution in [3.8, 4) is 0 Å². The Hall–Kier alpha value is -0.530. The summed E-state index contributed by atoms with van der Waals surface area (Å²) in [5, 5.41) is 0. The first-order valence-corrected chi connectivity index (χ1v) is 5.33. The Bertz CT molecular complexity index is 214. The molecule has 1 aliphatic heterocycles. The van der Waals surface area contributed by atoms with Crippen molar-refractivity contribution in [2.45, 2.75) is 52.1 Å². The summed E-state index contributed by atoms with van der Waals surface area (Å²) in [7, 11) is 0. The number of carbonyl (C=O) groups excluding carboxylic acids is 1. The average Bonchev–Trinajstić information content (AvgIpc) is 2.60. The highest BCUT2D eigenvalue weighted by Crippen LogP contribution is 2.51. The molecule has 13 heavy (non-hydrogen) atoms. The molecule has 0 N–H and O–H groups in total. The van der Waals surface area contributed by atoms with Crippen LogP contribution in [0, 0.1) is 11.3 Å². The second-order valence-electron chi connectivity index (χ2n) is 4.90. The number of esters is 1. The van der Waals surface area contributed by atoms with Gasteiger partial charge in [0.25, 0.3) is 0 Å². The molecule has 0 radical (unpaired) electrons. The quantitative estimate of drug-likeness (QED) is 0.582. The summed E-state index contributed by atoms with van der Waals surface area (Å²) in [5.41, 5.74) is 0.227. The van der Waals surface area contributed by atoms with Crippen molar-refractivity contribution in [1.82, 2.24) is 0 Å². The fraction of sp³-hybridized carbons (Fsp3) is 0.909. The summed E-state index contributed by atoms with van der Waals surface area (Å²) in [5.74, 6) is 0.505. The minimum absolute atomic E-state index is 0.0283. The summed E-state index contributed by atoms with van der Waals surface area (Å²) < 4.78 is 5.42. The zero-order valence-corrected chi connectivity index (χ0v) is 8.51. The van der Waals surface area contributed by atoms with E-state index >= 15 is 0 Å². The molecule has 74 valence electrons. The van der Waals surface area contributed by atoms with E-state index in [1.54, 1.807) is 0 Å². The molecule has 0 aromatic heterocycles. The molecule has 1 spiro atoms. The van der Waals surface area contributed by atoms with Crippen LogP contribution in [-0.2, 0) is 9.53 Å². The molecule has 0 aromatic rings. The van der Waals surface area contributed by atoms with E-state index in [0.717, 1.165) is 0 Å². The smallest absolute Gasteiger partial charge is 0.306 e. The van der Waals surface area contributed by atoms with E-state index in [1.165, 1.54) is 25.7 Å². The van der Waals surface area contributed by atoms with Crippen molar-refractivity contribution in [3.63, 3.8) is 0 Å². The molecule has 1 aliphatic carbocycles. The number of hydrogen-bond acceptors (Lipinski definition) is 2. The van der Waals surface area contributed by atoms with Crippen molar-refractivity contribution in [2.75, 3.05) is 0 Å². The number of cyclic esters (lactones) is 1. The summed E-state index contributed by atoms with van der Waals surface area (Å²) >= 11 is 0. The molecule has 2 aliphatic rings. The monoisotopic (exact) mass is 182 g/mol. The predicted molar refractivity (Wildman–Crippen MR) is 50.2 cm³/mol. The highest BCUT2D eigenvalue weighted by Gasteiger charge is 2.51. The van der Waals surface area contributed by atoms with Gasteiger partial charge in [0.1, 0.15) is 6.10 Å². The van der Waals surface area contributed by atoms with Crippen LogP contribution in [0.3, 0.4) is 0 Å². The zero-order valence-electron chi connectivity index (χ0n) is 8.51. The maximum absolute atomic E-state index is 11.3. The fourth-order valence-corrected chi connectivity index (χ4v) is 3.08. The lowest BCUT2D eigenvalue weighted by Gasteiger charge is -2.30. The van der Waals surface area contributed by atoms with Crippen LogP contribution in [0.4, 0.5) is 0 Å². The van der Waals surface area contributed by atoms with Crippen LogP contribution >= 0.6 is 0 Å². The molecule has 2 fully saturated rings. The second-order valence-corrected chi connectivity index (χ2v) is 4.90. The summed E-state index contributed by atoms with van der Waals surface area (Å²) in [6, 6.07) is 0. The molecule has 1 unspecified atom stereocenters. The van der Waals surface area contributed by atoms with Gasteiger partial charge >= 0.3 is 5.97 Å². The topological polar surface area (TPSA) is 26.3 Å². The van der Waals surface area contributed by atoms with Crippen LogP contribution in [0.5, 0.6) is 0 Å². The van der Waals surface area contributed by atoms with E-state index in [-0.39, 0.29) is 17.5 Å². The van der Waals surface area contributed by atoms with Gasteiger partial charge in [-0.1, -0.05) is 26.7 Å². The van der Waals surface area contributed by atoms with Gasteiger partial charge in [0.2, 0.25) is 0 Å². The van der Waals surface area contributed by atoms with Gasteiger partial charge in [0.15, 0.2) is 0 Å². The lowest BCUT2D eigenvalue weighted by Crippen LogP contribution is -2.32. The first-order chi connectivity index (χ1) is 6.14. The van der Waals surface area contributed by atoms with Crippen LogP contribution < -0.4 is 0 Å². The fourth-order valence-electron chi connectivity index (χ4n) is 3.08. The third-order valence-corrected chi connectivity index (χ3v) is 3.56. The van der Waals surface area contributed by atoms with E-state index in [1.807, 2.05) is 0 Å². The van der Waals surface area contributed by atoms with Gasteiger partial charge < -0.3 is 4.74 Å². The van der Waals surface area contributed by atoms with E-state index in [4.69, 9.17) is 4.74 Å². The number of carbonyl (C=O) groups is 1. The summed E-state index contributed by atoms with van der Waals surface area (Å²) in [6.07, 6.45) is 5.82.